The van der Waals surface area contributed by atoms with Crippen molar-refractivity contribution in [3.8, 4) is 0 Å². The Morgan fingerprint density at radius 2 is 2.36 bits per heavy atom. The summed E-state index contributed by atoms with van der Waals surface area (Å²) in [7, 11) is 0. The molecule has 1 N–H and O–H groups in total. The number of rotatable bonds is 2. The smallest absolute Gasteiger partial charge is 0.305 e. The monoisotopic (exact) mass is 215 g/mol. The molecule has 0 spiro atoms. The van der Waals surface area contributed by atoms with Crippen LogP contribution in [-0.4, -0.2) is 15.8 Å². The zero-order chi connectivity index (χ0) is 10.7. The van der Waals surface area contributed by atoms with Crippen molar-refractivity contribution in [2.24, 2.45) is 0 Å². The van der Waals surface area contributed by atoms with Gasteiger partial charge in [-0.15, -0.1) is 0 Å². The predicted molar refractivity (Wildman–Crippen MR) is 50.2 cm³/mol. The minimum Gasteiger partial charge on any atom is -0.305 e. The Morgan fingerprint density at radius 3 is 2.86 bits per heavy atom. The number of pyridine rings is 1. The summed E-state index contributed by atoms with van der Waals surface area (Å²) in [5, 5.41) is 12.9. The van der Waals surface area contributed by atoms with Crippen molar-refractivity contribution in [2.75, 3.05) is 5.32 Å². The summed E-state index contributed by atoms with van der Waals surface area (Å²) < 4.78 is 0. The first-order valence-electron chi connectivity index (χ1n) is 3.58. The Labute approximate surface area is 84.0 Å². The highest BCUT2D eigenvalue weighted by Crippen LogP contribution is 2.24. The van der Waals surface area contributed by atoms with Gasteiger partial charge in [0.25, 0.3) is 0 Å². The summed E-state index contributed by atoms with van der Waals surface area (Å²) in [5.74, 6) is -0.533. The van der Waals surface area contributed by atoms with Gasteiger partial charge in [-0.2, -0.15) is 0 Å². The summed E-state index contributed by atoms with van der Waals surface area (Å²) >= 11 is 5.52. The minimum atomic E-state index is -0.663. The van der Waals surface area contributed by atoms with Gasteiger partial charge in [-0.3, -0.25) is 14.9 Å². The number of nitrogens with zero attached hydrogens (tertiary/aromatic N) is 2. The van der Waals surface area contributed by atoms with E-state index in [1.165, 1.54) is 13.1 Å². The maximum Gasteiger partial charge on any atom is 0.313 e. The molecular formula is C7H6ClN3O3. The molecule has 74 valence electrons. The molecule has 1 aromatic rings. The van der Waals surface area contributed by atoms with Gasteiger partial charge in [0, 0.05) is 19.2 Å². The fraction of sp³-hybridized carbons (Fsp3) is 0.143. The number of anilines is 1. The number of carbonyl (C=O) groups is 1. The maximum absolute atomic E-state index is 10.7. The summed E-state index contributed by atoms with van der Waals surface area (Å²) in [6.07, 6.45) is 1.22. The van der Waals surface area contributed by atoms with Crippen LogP contribution in [0.15, 0.2) is 12.3 Å². The van der Waals surface area contributed by atoms with E-state index in [1.807, 2.05) is 0 Å². The quantitative estimate of drug-likeness (QED) is 0.600. The molecule has 1 amide bonds. The highest BCUT2D eigenvalue weighted by Gasteiger charge is 2.16. The summed E-state index contributed by atoms with van der Waals surface area (Å²) in [4.78, 5) is 24.1. The van der Waals surface area contributed by atoms with Crippen LogP contribution in [-0.2, 0) is 4.79 Å². The van der Waals surface area contributed by atoms with E-state index in [0.29, 0.717) is 0 Å². The van der Waals surface area contributed by atoms with Crippen LogP contribution in [0.4, 0.5) is 11.5 Å². The largest absolute Gasteiger partial charge is 0.313 e. The van der Waals surface area contributed by atoms with Crippen LogP contribution in [0.1, 0.15) is 6.92 Å². The van der Waals surface area contributed by atoms with E-state index in [-0.39, 0.29) is 16.5 Å². The molecule has 7 heteroatoms. The second-order valence-electron chi connectivity index (χ2n) is 2.46. The molecule has 0 aromatic carbocycles. The van der Waals surface area contributed by atoms with Crippen molar-refractivity contribution in [1.29, 1.82) is 0 Å². The lowest BCUT2D eigenvalue weighted by atomic mass is 10.4. The zero-order valence-corrected chi connectivity index (χ0v) is 7.91. The molecule has 1 rings (SSSR count). The normalized spacial score (nSPS) is 9.57. The molecule has 14 heavy (non-hydrogen) atoms. The molecule has 0 atom stereocenters. The lowest BCUT2D eigenvalue weighted by Crippen LogP contribution is -2.09. The molecule has 0 fully saturated rings. The third kappa shape index (κ3) is 2.40. The number of hydrogen-bond acceptors (Lipinski definition) is 4. The Hall–Kier alpha value is -1.69. The fourth-order valence-corrected chi connectivity index (χ4v) is 0.983. The van der Waals surface area contributed by atoms with E-state index in [1.54, 1.807) is 0 Å². The van der Waals surface area contributed by atoms with E-state index in [0.717, 1.165) is 6.07 Å². The van der Waals surface area contributed by atoms with E-state index in [9.17, 15) is 14.9 Å². The highest BCUT2D eigenvalue weighted by atomic mass is 35.5. The molecule has 0 saturated heterocycles. The van der Waals surface area contributed by atoms with Gasteiger partial charge in [-0.25, -0.2) is 4.98 Å². The number of carbonyl (C=O) groups excluding carboxylic acids is 1. The summed E-state index contributed by atoms with van der Waals surface area (Å²) in [5.41, 5.74) is -0.326. The topological polar surface area (TPSA) is 85.1 Å². The number of aromatic nitrogens is 1. The molecule has 0 aliphatic heterocycles. The molecule has 1 aromatic heterocycles. The van der Waals surface area contributed by atoms with Crippen molar-refractivity contribution in [3.63, 3.8) is 0 Å². The molecule has 0 radical (unpaired) electrons. The number of nitro groups is 1. The molecular weight excluding hydrogens is 210 g/mol. The van der Waals surface area contributed by atoms with Crippen LogP contribution in [0.3, 0.4) is 0 Å². The first kappa shape index (κ1) is 10.4. The molecule has 1 heterocycles. The zero-order valence-electron chi connectivity index (χ0n) is 7.15. The number of halogens is 1. The van der Waals surface area contributed by atoms with Crippen LogP contribution >= 0.6 is 11.6 Å². The van der Waals surface area contributed by atoms with Gasteiger partial charge in [0.05, 0.1) is 9.95 Å². The Morgan fingerprint density at radius 1 is 1.71 bits per heavy atom. The molecule has 6 nitrogen and oxygen atoms in total. The molecule has 0 unspecified atom stereocenters. The van der Waals surface area contributed by atoms with Crippen LogP contribution in [0, 0.1) is 10.1 Å². The Kier molecular flexibility index (Phi) is 2.98. The van der Waals surface area contributed by atoms with Crippen LogP contribution in [0.25, 0.3) is 0 Å². The van der Waals surface area contributed by atoms with Crippen molar-refractivity contribution < 1.29 is 9.72 Å². The van der Waals surface area contributed by atoms with Crippen molar-refractivity contribution in [1.82, 2.24) is 4.98 Å². The van der Waals surface area contributed by atoms with Gasteiger partial charge in [0.2, 0.25) is 11.7 Å². The first-order valence-corrected chi connectivity index (χ1v) is 3.96. The lowest BCUT2D eigenvalue weighted by molar-refractivity contribution is -0.384. The Balaban J connectivity index is 3.14. The second kappa shape index (κ2) is 4.01. The molecule has 0 aliphatic carbocycles. The number of hydrogen-bond donors (Lipinski definition) is 1. The second-order valence-corrected chi connectivity index (χ2v) is 2.90. The number of amides is 1. The lowest BCUT2D eigenvalue weighted by Gasteiger charge is -2.01. The van der Waals surface area contributed by atoms with Gasteiger partial charge < -0.3 is 5.32 Å². The average Bonchev–Trinajstić information content (AvgIpc) is 2.07. The van der Waals surface area contributed by atoms with E-state index in [2.05, 4.69) is 10.3 Å². The van der Waals surface area contributed by atoms with Gasteiger partial charge in [0.1, 0.15) is 0 Å². The van der Waals surface area contributed by atoms with Gasteiger partial charge in [-0.05, 0) is 0 Å². The standard InChI is InChI=1S/C7H6ClN3O3/c1-4(12)10-7-6(11(13)14)2-5(8)3-9-7/h2-3H,1H3,(H,9,10,12). The highest BCUT2D eigenvalue weighted by molar-refractivity contribution is 6.30. The Bertz CT molecular complexity index is 394. The van der Waals surface area contributed by atoms with Gasteiger partial charge in [0.15, 0.2) is 0 Å². The maximum atomic E-state index is 10.7. The van der Waals surface area contributed by atoms with E-state index in [4.69, 9.17) is 11.6 Å². The van der Waals surface area contributed by atoms with Crippen molar-refractivity contribution >= 4 is 29.0 Å². The van der Waals surface area contributed by atoms with E-state index >= 15 is 0 Å². The first-order chi connectivity index (χ1) is 6.50. The molecule has 0 saturated carbocycles. The summed E-state index contributed by atoms with van der Waals surface area (Å²) in [6, 6.07) is 1.12. The average molecular weight is 216 g/mol. The third-order valence-electron chi connectivity index (χ3n) is 1.33. The third-order valence-corrected chi connectivity index (χ3v) is 1.53. The molecule has 0 bridgehead atoms. The van der Waals surface area contributed by atoms with Crippen molar-refractivity contribution in [3.05, 3.63) is 27.4 Å². The van der Waals surface area contributed by atoms with Gasteiger partial charge in [-0.1, -0.05) is 11.6 Å². The van der Waals surface area contributed by atoms with Crippen LogP contribution in [0.5, 0.6) is 0 Å². The SMILES string of the molecule is CC(=O)Nc1ncc(Cl)cc1[N+](=O)[O-]. The van der Waals surface area contributed by atoms with Crippen molar-refractivity contribution in [2.45, 2.75) is 6.92 Å². The van der Waals surface area contributed by atoms with Crippen LogP contribution in [0.2, 0.25) is 5.02 Å². The van der Waals surface area contributed by atoms with E-state index < -0.39 is 10.8 Å². The minimum absolute atomic E-state index is 0.105. The molecule has 0 aliphatic rings. The summed E-state index contributed by atoms with van der Waals surface area (Å²) in [6.45, 7) is 1.24. The fourth-order valence-electron chi connectivity index (χ4n) is 0.831. The number of nitrogens with one attached hydrogen (secondary N) is 1. The van der Waals surface area contributed by atoms with Crippen LogP contribution < -0.4 is 5.32 Å². The van der Waals surface area contributed by atoms with Gasteiger partial charge >= 0.3 is 5.69 Å². The predicted octanol–water partition coefficient (Wildman–Crippen LogP) is 1.60.